The standard InChI is InChI=1S/C15H25NO/c1-5-14(6-2)17-15-8-7-11(3)9-13(15)10-12(4)16/h7-9,12,14H,5-6,10,16H2,1-4H3. The van der Waals surface area contributed by atoms with Crippen molar-refractivity contribution in [2.24, 2.45) is 5.73 Å². The summed E-state index contributed by atoms with van der Waals surface area (Å²) in [6.07, 6.45) is 3.27. The van der Waals surface area contributed by atoms with E-state index < -0.39 is 0 Å². The fourth-order valence-electron chi connectivity index (χ4n) is 1.96. The van der Waals surface area contributed by atoms with E-state index in [-0.39, 0.29) is 6.04 Å². The van der Waals surface area contributed by atoms with Crippen LogP contribution in [0.1, 0.15) is 44.7 Å². The lowest BCUT2D eigenvalue weighted by Gasteiger charge is -2.19. The second kappa shape index (κ2) is 6.65. The maximum Gasteiger partial charge on any atom is 0.122 e. The zero-order valence-corrected chi connectivity index (χ0v) is 11.5. The van der Waals surface area contributed by atoms with E-state index in [0.29, 0.717) is 6.10 Å². The number of benzene rings is 1. The van der Waals surface area contributed by atoms with Crippen LogP contribution in [0.2, 0.25) is 0 Å². The second-order valence-electron chi connectivity index (χ2n) is 4.85. The fourth-order valence-corrected chi connectivity index (χ4v) is 1.96. The van der Waals surface area contributed by atoms with Crippen molar-refractivity contribution in [1.29, 1.82) is 0 Å². The highest BCUT2D eigenvalue weighted by Gasteiger charge is 2.10. The molecule has 0 aliphatic heterocycles. The van der Waals surface area contributed by atoms with Crippen molar-refractivity contribution in [3.05, 3.63) is 29.3 Å². The van der Waals surface area contributed by atoms with Crippen molar-refractivity contribution in [2.45, 2.75) is 59.1 Å². The summed E-state index contributed by atoms with van der Waals surface area (Å²) in [5.74, 6) is 1.00. The van der Waals surface area contributed by atoms with Gasteiger partial charge in [0.25, 0.3) is 0 Å². The minimum Gasteiger partial charge on any atom is -0.490 e. The van der Waals surface area contributed by atoms with Gasteiger partial charge >= 0.3 is 0 Å². The Morgan fingerprint density at radius 1 is 1.24 bits per heavy atom. The quantitative estimate of drug-likeness (QED) is 0.819. The molecule has 0 fully saturated rings. The Hall–Kier alpha value is -1.02. The molecular weight excluding hydrogens is 210 g/mol. The van der Waals surface area contributed by atoms with Crippen LogP contribution < -0.4 is 10.5 Å². The number of rotatable bonds is 6. The molecule has 2 heteroatoms. The lowest BCUT2D eigenvalue weighted by molar-refractivity contribution is 0.191. The first-order valence-electron chi connectivity index (χ1n) is 6.58. The minimum absolute atomic E-state index is 0.167. The molecule has 1 aromatic rings. The molecule has 96 valence electrons. The van der Waals surface area contributed by atoms with Crippen LogP contribution in [0.3, 0.4) is 0 Å². The molecule has 0 aliphatic rings. The Kier molecular flexibility index (Phi) is 5.49. The lowest BCUT2D eigenvalue weighted by Crippen LogP contribution is -2.20. The zero-order valence-electron chi connectivity index (χ0n) is 11.5. The molecule has 0 spiro atoms. The first kappa shape index (κ1) is 14.0. The average molecular weight is 235 g/mol. The van der Waals surface area contributed by atoms with Crippen molar-refractivity contribution in [2.75, 3.05) is 0 Å². The third-order valence-corrected chi connectivity index (χ3v) is 2.96. The van der Waals surface area contributed by atoms with Crippen molar-refractivity contribution in [1.82, 2.24) is 0 Å². The average Bonchev–Trinajstić information content (AvgIpc) is 2.27. The summed E-state index contributed by atoms with van der Waals surface area (Å²) in [5.41, 5.74) is 8.37. The van der Waals surface area contributed by atoms with Crippen LogP contribution in [0.4, 0.5) is 0 Å². The van der Waals surface area contributed by atoms with E-state index in [1.54, 1.807) is 0 Å². The fraction of sp³-hybridized carbons (Fsp3) is 0.600. The summed E-state index contributed by atoms with van der Waals surface area (Å²) in [4.78, 5) is 0. The van der Waals surface area contributed by atoms with E-state index >= 15 is 0 Å². The SMILES string of the molecule is CCC(CC)Oc1ccc(C)cc1CC(C)N. The molecule has 0 bridgehead atoms. The molecule has 2 N–H and O–H groups in total. The molecule has 0 amide bonds. The number of hydrogen-bond donors (Lipinski definition) is 1. The first-order valence-corrected chi connectivity index (χ1v) is 6.58. The summed E-state index contributed by atoms with van der Waals surface area (Å²) >= 11 is 0. The lowest BCUT2D eigenvalue weighted by atomic mass is 10.0. The van der Waals surface area contributed by atoms with Crippen LogP contribution in [-0.4, -0.2) is 12.1 Å². The van der Waals surface area contributed by atoms with Gasteiger partial charge in [-0.1, -0.05) is 31.5 Å². The molecule has 0 aromatic heterocycles. The Balaban J connectivity index is 2.89. The van der Waals surface area contributed by atoms with Crippen LogP contribution in [0.5, 0.6) is 5.75 Å². The van der Waals surface area contributed by atoms with Crippen LogP contribution in [0.25, 0.3) is 0 Å². The highest BCUT2D eigenvalue weighted by molar-refractivity contribution is 5.37. The second-order valence-corrected chi connectivity index (χ2v) is 4.85. The predicted molar refractivity (Wildman–Crippen MR) is 73.5 cm³/mol. The van der Waals surface area contributed by atoms with Gasteiger partial charge in [-0.25, -0.2) is 0 Å². The molecule has 1 rings (SSSR count). The summed E-state index contributed by atoms with van der Waals surface area (Å²) < 4.78 is 6.04. The van der Waals surface area contributed by atoms with E-state index in [9.17, 15) is 0 Å². The van der Waals surface area contributed by atoms with E-state index in [0.717, 1.165) is 25.0 Å². The van der Waals surface area contributed by atoms with Crippen molar-refractivity contribution in [3.63, 3.8) is 0 Å². The van der Waals surface area contributed by atoms with Crippen LogP contribution >= 0.6 is 0 Å². The minimum atomic E-state index is 0.167. The highest BCUT2D eigenvalue weighted by Crippen LogP contribution is 2.23. The Labute approximate surface area is 105 Å². The van der Waals surface area contributed by atoms with Crippen molar-refractivity contribution >= 4 is 0 Å². The van der Waals surface area contributed by atoms with Gasteiger partial charge < -0.3 is 10.5 Å². The van der Waals surface area contributed by atoms with E-state index in [2.05, 4.69) is 39.0 Å². The van der Waals surface area contributed by atoms with Gasteiger partial charge in [0.1, 0.15) is 5.75 Å². The van der Waals surface area contributed by atoms with E-state index in [1.807, 2.05) is 6.92 Å². The number of aryl methyl sites for hydroxylation is 1. The van der Waals surface area contributed by atoms with E-state index in [4.69, 9.17) is 10.5 Å². The van der Waals surface area contributed by atoms with Gasteiger partial charge in [0.15, 0.2) is 0 Å². The maximum atomic E-state index is 6.04. The Morgan fingerprint density at radius 2 is 1.88 bits per heavy atom. The maximum absolute atomic E-state index is 6.04. The van der Waals surface area contributed by atoms with Gasteiger partial charge in [-0.15, -0.1) is 0 Å². The number of nitrogens with two attached hydrogens (primary N) is 1. The summed E-state index contributed by atoms with van der Waals surface area (Å²) in [7, 11) is 0. The van der Waals surface area contributed by atoms with Crippen LogP contribution in [0.15, 0.2) is 18.2 Å². The van der Waals surface area contributed by atoms with Gasteiger partial charge in [0.05, 0.1) is 6.10 Å². The topological polar surface area (TPSA) is 35.2 Å². The molecule has 0 heterocycles. The van der Waals surface area contributed by atoms with Crippen molar-refractivity contribution < 1.29 is 4.74 Å². The number of ether oxygens (including phenoxy) is 1. The zero-order chi connectivity index (χ0) is 12.8. The summed E-state index contributed by atoms with van der Waals surface area (Å²) in [6, 6.07) is 6.52. The van der Waals surface area contributed by atoms with Gasteiger partial charge in [-0.05, 0) is 44.7 Å². The van der Waals surface area contributed by atoms with Crippen LogP contribution in [0, 0.1) is 6.92 Å². The Bertz CT molecular complexity index is 343. The molecule has 0 aliphatic carbocycles. The molecule has 0 saturated carbocycles. The molecule has 0 radical (unpaired) electrons. The largest absolute Gasteiger partial charge is 0.490 e. The first-order chi connectivity index (χ1) is 8.06. The Morgan fingerprint density at radius 3 is 2.41 bits per heavy atom. The van der Waals surface area contributed by atoms with Gasteiger partial charge in [0.2, 0.25) is 0 Å². The molecule has 1 unspecified atom stereocenters. The third-order valence-electron chi connectivity index (χ3n) is 2.96. The molecular formula is C15H25NO. The van der Waals surface area contributed by atoms with Gasteiger partial charge in [-0.3, -0.25) is 0 Å². The monoisotopic (exact) mass is 235 g/mol. The predicted octanol–water partition coefficient (Wildman–Crippen LogP) is 3.45. The normalized spacial score (nSPS) is 12.8. The third kappa shape index (κ3) is 4.39. The molecule has 17 heavy (non-hydrogen) atoms. The molecule has 2 nitrogen and oxygen atoms in total. The van der Waals surface area contributed by atoms with Gasteiger partial charge in [-0.2, -0.15) is 0 Å². The highest BCUT2D eigenvalue weighted by atomic mass is 16.5. The van der Waals surface area contributed by atoms with Crippen LogP contribution in [-0.2, 0) is 6.42 Å². The molecule has 0 saturated heterocycles. The smallest absolute Gasteiger partial charge is 0.122 e. The summed E-state index contributed by atoms with van der Waals surface area (Å²) in [5, 5.41) is 0. The summed E-state index contributed by atoms with van der Waals surface area (Å²) in [6.45, 7) is 8.45. The van der Waals surface area contributed by atoms with E-state index in [1.165, 1.54) is 11.1 Å². The van der Waals surface area contributed by atoms with Crippen molar-refractivity contribution in [3.8, 4) is 5.75 Å². The molecule has 1 atom stereocenters. The van der Waals surface area contributed by atoms with Gasteiger partial charge in [0, 0.05) is 6.04 Å². The molecule has 1 aromatic carbocycles. The number of hydrogen-bond acceptors (Lipinski definition) is 2.